The summed E-state index contributed by atoms with van der Waals surface area (Å²) in [6, 6.07) is 3.89. The molecule has 1 atom stereocenters. The van der Waals surface area contributed by atoms with Crippen molar-refractivity contribution in [2.45, 2.75) is 39.0 Å². The fourth-order valence-electron chi connectivity index (χ4n) is 1.66. The number of rotatable bonds is 5. The van der Waals surface area contributed by atoms with E-state index in [0.717, 1.165) is 30.5 Å². The minimum atomic E-state index is -0.168. The van der Waals surface area contributed by atoms with Gasteiger partial charge in [-0.25, -0.2) is 0 Å². The number of ether oxygens (including phenoxy) is 1. The number of pyridine rings is 1. The molecule has 16 heavy (non-hydrogen) atoms. The first-order chi connectivity index (χ1) is 7.69. The molecule has 1 aromatic rings. The highest BCUT2D eigenvalue weighted by molar-refractivity contribution is 5.77. The van der Waals surface area contributed by atoms with Gasteiger partial charge in [0.25, 0.3) is 0 Å². The van der Waals surface area contributed by atoms with E-state index in [1.165, 1.54) is 7.11 Å². The maximum atomic E-state index is 11.7. The third-order valence-electron chi connectivity index (χ3n) is 2.67. The van der Waals surface area contributed by atoms with Gasteiger partial charge in [0, 0.05) is 11.9 Å². The summed E-state index contributed by atoms with van der Waals surface area (Å²) in [5.74, 6) is -0.336. The van der Waals surface area contributed by atoms with Gasteiger partial charge in [-0.1, -0.05) is 25.8 Å². The Morgan fingerprint density at radius 1 is 1.50 bits per heavy atom. The number of hydrogen-bond acceptors (Lipinski definition) is 3. The van der Waals surface area contributed by atoms with Crippen LogP contribution in [0.3, 0.4) is 0 Å². The number of esters is 1. The molecule has 0 saturated heterocycles. The van der Waals surface area contributed by atoms with E-state index in [1.807, 2.05) is 19.1 Å². The van der Waals surface area contributed by atoms with Crippen molar-refractivity contribution in [2.75, 3.05) is 7.11 Å². The molecule has 0 N–H and O–H groups in total. The molecule has 0 bridgehead atoms. The number of methoxy groups -OCH3 is 1. The first-order valence-corrected chi connectivity index (χ1v) is 5.69. The lowest BCUT2D eigenvalue weighted by atomic mass is 9.95. The Bertz CT molecular complexity index is 332. The molecule has 3 heteroatoms. The minimum Gasteiger partial charge on any atom is -0.469 e. The van der Waals surface area contributed by atoms with Crippen LogP contribution in [-0.4, -0.2) is 18.1 Å². The van der Waals surface area contributed by atoms with Crippen molar-refractivity contribution in [1.82, 2.24) is 4.98 Å². The molecule has 1 aromatic heterocycles. The Hall–Kier alpha value is -1.38. The summed E-state index contributed by atoms with van der Waals surface area (Å²) >= 11 is 0. The first-order valence-electron chi connectivity index (χ1n) is 5.69. The molecule has 0 aromatic carbocycles. The average Bonchev–Trinajstić information content (AvgIpc) is 2.31. The Labute approximate surface area is 96.8 Å². The summed E-state index contributed by atoms with van der Waals surface area (Å²) in [6.45, 7) is 4.05. The standard InChI is InChI=1S/C13H19NO2/c1-4-5-6-12(13(15)16-3)11-8-7-10(2)14-9-11/h7-9,12H,4-6H2,1-3H3. The monoisotopic (exact) mass is 221 g/mol. The molecule has 0 fully saturated rings. The fraction of sp³-hybridized carbons (Fsp3) is 0.538. The zero-order chi connectivity index (χ0) is 12.0. The second-order valence-corrected chi connectivity index (χ2v) is 3.95. The zero-order valence-electron chi connectivity index (χ0n) is 10.2. The highest BCUT2D eigenvalue weighted by Gasteiger charge is 2.20. The van der Waals surface area contributed by atoms with E-state index in [9.17, 15) is 4.79 Å². The molecule has 0 amide bonds. The van der Waals surface area contributed by atoms with Crippen LogP contribution in [0, 0.1) is 6.92 Å². The van der Waals surface area contributed by atoms with E-state index in [0.29, 0.717) is 0 Å². The van der Waals surface area contributed by atoms with Crippen molar-refractivity contribution in [2.24, 2.45) is 0 Å². The van der Waals surface area contributed by atoms with Crippen molar-refractivity contribution in [3.8, 4) is 0 Å². The van der Waals surface area contributed by atoms with Gasteiger partial charge in [0.2, 0.25) is 0 Å². The summed E-state index contributed by atoms with van der Waals surface area (Å²) in [5, 5.41) is 0. The van der Waals surface area contributed by atoms with Crippen molar-refractivity contribution in [1.29, 1.82) is 0 Å². The Balaban J connectivity index is 2.82. The third-order valence-corrected chi connectivity index (χ3v) is 2.67. The van der Waals surface area contributed by atoms with Gasteiger partial charge in [0.1, 0.15) is 0 Å². The summed E-state index contributed by atoms with van der Waals surface area (Å²) in [4.78, 5) is 15.9. The highest BCUT2D eigenvalue weighted by atomic mass is 16.5. The van der Waals surface area contributed by atoms with E-state index in [2.05, 4.69) is 11.9 Å². The normalized spacial score (nSPS) is 12.2. The number of aromatic nitrogens is 1. The summed E-state index contributed by atoms with van der Waals surface area (Å²) in [7, 11) is 1.43. The molecule has 0 aliphatic carbocycles. The lowest BCUT2D eigenvalue weighted by molar-refractivity contribution is -0.142. The summed E-state index contributed by atoms with van der Waals surface area (Å²) in [6.07, 6.45) is 4.70. The van der Waals surface area contributed by atoms with Crippen LogP contribution in [0.1, 0.15) is 43.4 Å². The highest BCUT2D eigenvalue weighted by Crippen LogP contribution is 2.23. The molecule has 0 aliphatic rings. The van der Waals surface area contributed by atoms with Crippen LogP contribution in [-0.2, 0) is 9.53 Å². The van der Waals surface area contributed by atoms with E-state index < -0.39 is 0 Å². The topological polar surface area (TPSA) is 39.2 Å². The van der Waals surface area contributed by atoms with E-state index in [4.69, 9.17) is 4.74 Å². The Kier molecular flexibility index (Phi) is 4.96. The molecule has 0 aliphatic heterocycles. The van der Waals surface area contributed by atoms with Crippen molar-refractivity contribution in [3.05, 3.63) is 29.6 Å². The van der Waals surface area contributed by atoms with Gasteiger partial charge < -0.3 is 4.74 Å². The molecular weight excluding hydrogens is 202 g/mol. The second-order valence-electron chi connectivity index (χ2n) is 3.95. The first kappa shape index (κ1) is 12.7. The summed E-state index contributed by atoms with van der Waals surface area (Å²) < 4.78 is 4.83. The molecule has 88 valence electrons. The van der Waals surface area contributed by atoms with Crippen molar-refractivity contribution < 1.29 is 9.53 Å². The van der Waals surface area contributed by atoms with Crippen molar-refractivity contribution >= 4 is 5.97 Å². The molecule has 1 rings (SSSR count). The third kappa shape index (κ3) is 3.33. The molecule has 3 nitrogen and oxygen atoms in total. The number of carbonyl (C=O) groups excluding carboxylic acids is 1. The lowest BCUT2D eigenvalue weighted by Gasteiger charge is -2.14. The predicted molar refractivity (Wildman–Crippen MR) is 63.3 cm³/mol. The number of aryl methyl sites for hydroxylation is 1. The van der Waals surface area contributed by atoms with Gasteiger partial charge in [-0.2, -0.15) is 0 Å². The molecule has 0 spiro atoms. The van der Waals surface area contributed by atoms with Crippen LogP contribution in [0.5, 0.6) is 0 Å². The Morgan fingerprint density at radius 2 is 2.25 bits per heavy atom. The van der Waals surface area contributed by atoms with E-state index in [-0.39, 0.29) is 11.9 Å². The van der Waals surface area contributed by atoms with Crippen LogP contribution in [0.2, 0.25) is 0 Å². The smallest absolute Gasteiger partial charge is 0.313 e. The zero-order valence-corrected chi connectivity index (χ0v) is 10.2. The van der Waals surface area contributed by atoms with Gasteiger partial charge in [-0.3, -0.25) is 9.78 Å². The number of unbranched alkanes of at least 4 members (excludes halogenated alkanes) is 1. The van der Waals surface area contributed by atoms with E-state index >= 15 is 0 Å². The largest absolute Gasteiger partial charge is 0.469 e. The lowest BCUT2D eigenvalue weighted by Crippen LogP contribution is -2.14. The molecule has 1 heterocycles. The summed E-state index contributed by atoms with van der Waals surface area (Å²) in [5.41, 5.74) is 1.91. The predicted octanol–water partition coefficient (Wildman–Crippen LogP) is 2.84. The molecule has 1 unspecified atom stereocenters. The molecule has 0 radical (unpaired) electrons. The van der Waals surface area contributed by atoms with Crippen LogP contribution < -0.4 is 0 Å². The van der Waals surface area contributed by atoms with Crippen LogP contribution in [0.4, 0.5) is 0 Å². The minimum absolute atomic E-state index is 0.167. The maximum absolute atomic E-state index is 11.7. The Morgan fingerprint density at radius 3 is 2.75 bits per heavy atom. The van der Waals surface area contributed by atoms with Crippen LogP contribution in [0.25, 0.3) is 0 Å². The van der Waals surface area contributed by atoms with Crippen LogP contribution >= 0.6 is 0 Å². The second kappa shape index (κ2) is 6.26. The number of nitrogens with zero attached hydrogens (tertiary/aromatic N) is 1. The molecular formula is C13H19NO2. The van der Waals surface area contributed by atoms with Crippen LogP contribution in [0.15, 0.2) is 18.3 Å². The number of carbonyl (C=O) groups is 1. The van der Waals surface area contributed by atoms with Gasteiger partial charge in [0.15, 0.2) is 0 Å². The van der Waals surface area contributed by atoms with Gasteiger partial charge in [0.05, 0.1) is 13.0 Å². The maximum Gasteiger partial charge on any atom is 0.313 e. The van der Waals surface area contributed by atoms with E-state index in [1.54, 1.807) is 6.20 Å². The van der Waals surface area contributed by atoms with Crippen molar-refractivity contribution in [3.63, 3.8) is 0 Å². The molecule has 0 saturated carbocycles. The quantitative estimate of drug-likeness (QED) is 0.718. The van der Waals surface area contributed by atoms with Gasteiger partial charge in [-0.05, 0) is 25.0 Å². The number of hydrogen-bond donors (Lipinski definition) is 0. The van der Waals surface area contributed by atoms with Gasteiger partial charge in [-0.15, -0.1) is 0 Å². The SMILES string of the molecule is CCCCC(C(=O)OC)c1ccc(C)nc1. The van der Waals surface area contributed by atoms with Gasteiger partial charge >= 0.3 is 5.97 Å². The fourth-order valence-corrected chi connectivity index (χ4v) is 1.66. The average molecular weight is 221 g/mol.